The van der Waals surface area contributed by atoms with Crippen molar-refractivity contribution < 1.29 is 5.11 Å². The minimum atomic E-state index is -0.172. The Labute approximate surface area is 174 Å². The number of aliphatic hydroxyl groups is 1. The van der Waals surface area contributed by atoms with E-state index in [9.17, 15) is 5.11 Å². The van der Waals surface area contributed by atoms with Gasteiger partial charge >= 0.3 is 0 Å². The lowest BCUT2D eigenvalue weighted by Gasteiger charge is -2.44. The molecule has 3 fully saturated rings. The minimum Gasteiger partial charge on any atom is -0.393 e. The third-order valence-electron chi connectivity index (χ3n) is 8.35. The number of rotatable bonds is 6. The van der Waals surface area contributed by atoms with Crippen LogP contribution in [-0.4, -0.2) is 11.2 Å². The van der Waals surface area contributed by atoms with Crippen LogP contribution in [0.4, 0.5) is 0 Å². The summed E-state index contributed by atoms with van der Waals surface area (Å²) >= 11 is 0. The second-order valence-electron chi connectivity index (χ2n) is 10.8. The maximum Gasteiger partial charge on any atom is 0.0583 e. The van der Waals surface area contributed by atoms with Gasteiger partial charge in [0.1, 0.15) is 0 Å². The summed E-state index contributed by atoms with van der Waals surface area (Å²) in [5.74, 6) is 3.37. The first-order valence-electron chi connectivity index (χ1n) is 12.1. The predicted octanol–water partition coefficient (Wildman–Crippen LogP) is 7.62. The Hall–Kier alpha value is -0.820. The van der Waals surface area contributed by atoms with E-state index in [1.807, 2.05) is 0 Å². The van der Waals surface area contributed by atoms with Crippen LogP contribution in [0, 0.1) is 29.1 Å². The normalized spacial score (nSPS) is 37.6. The molecule has 0 saturated heterocycles. The van der Waals surface area contributed by atoms with E-state index in [4.69, 9.17) is 0 Å². The number of hydrogen-bond donors (Lipinski definition) is 1. The summed E-state index contributed by atoms with van der Waals surface area (Å²) in [6.45, 7) is 14.1. The molecule has 0 aromatic carbocycles. The van der Waals surface area contributed by atoms with Crippen molar-refractivity contribution in [2.75, 3.05) is 0 Å². The van der Waals surface area contributed by atoms with Gasteiger partial charge in [-0.05, 0) is 86.0 Å². The number of allylic oxidation sites excluding steroid dienone is 4. The summed E-state index contributed by atoms with van der Waals surface area (Å²) < 4.78 is 0. The number of aliphatic hydroxyl groups excluding tert-OH is 1. The van der Waals surface area contributed by atoms with E-state index >= 15 is 0 Å². The third kappa shape index (κ3) is 4.84. The quantitative estimate of drug-likeness (QED) is 0.499. The third-order valence-corrected chi connectivity index (χ3v) is 8.35. The van der Waals surface area contributed by atoms with Crippen LogP contribution in [-0.2, 0) is 0 Å². The van der Waals surface area contributed by atoms with Crippen molar-refractivity contribution in [1.82, 2.24) is 0 Å². The van der Waals surface area contributed by atoms with Gasteiger partial charge in [-0.1, -0.05) is 76.8 Å². The van der Waals surface area contributed by atoms with Crippen molar-refractivity contribution in [3.63, 3.8) is 0 Å². The second kappa shape index (κ2) is 9.33. The van der Waals surface area contributed by atoms with E-state index in [2.05, 4.69) is 46.4 Å². The van der Waals surface area contributed by atoms with Gasteiger partial charge in [-0.15, -0.1) is 0 Å². The highest BCUT2D eigenvalue weighted by atomic mass is 16.3. The molecular formula is C27H44O. The van der Waals surface area contributed by atoms with Crippen molar-refractivity contribution >= 4 is 0 Å². The Morgan fingerprint density at radius 2 is 1.89 bits per heavy atom. The Morgan fingerprint density at radius 3 is 2.64 bits per heavy atom. The Kier molecular flexibility index (Phi) is 7.29. The number of hydrogen-bond acceptors (Lipinski definition) is 1. The maximum absolute atomic E-state index is 10.0. The lowest BCUT2D eigenvalue weighted by molar-refractivity contribution is 0.0929. The average Bonchev–Trinajstić information content (AvgIpc) is 2.99. The Morgan fingerprint density at radius 1 is 1.11 bits per heavy atom. The molecule has 5 atom stereocenters. The van der Waals surface area contributed by atoms with Crippen molar-refractivity contribution in [2.45, 2.75) is 104 Å². The van der Waals surface area contributed by atoms with Crippen LogP contribution in [0.5, 0.6) is 0 Å². The van der Waals surface area contributed by atoms with Crippen LogP contribution in [0.15, 0.2) is 35.5 Å². The summed E-state index contributed by atoms with van der Waals surface area (Å²) in [4.78, 5) is 0. The zero-order valence-corrected chi connectivity index (χ0v) is 19.0. The zero-order chi connectivity index (χ0) is 20.3. The van der Waals surface area contributed by atoms with Gasteiger partial charge in [-0.3, -0.25) is 0 Å². The molecule has 0 aliphatic heterocycles. The van der Waals surface area contributed by atoms with Gasteiger partial charge in [-0.2, -0.15) is 0 Å². The fourth-order valence-corrected chi connectivity index (χ4v) is 6.66. The minimum absolute atomic E-state index is 0.172. The molecule has 0 bridgehead atoms. The van der Waals surface area contributed by atoms with Crippen molar-refractivity contribution in [3.8, 4) is 0 Å². The van der Waals surface area contributed by atoms with Crippen LogP contribution < -0.4 is 0 Å². The average molecular weight is 385 g/mol. The lowest BCUT2D eigenvalue weighted by Crippen LogP contribution is -2.36. The zero-order valence-electron chi connectivity index (χ0n) is 19.0. The van der Waals surface area contributed by atoms with Crippen LogP contribution in [0.2, 0.25) is 0 Å². The molecule has 1 N–H and O–H groups in total. The molecular weight excluding hydrogens is 340 g/mol. The van der Waals surface area contributed by atoms with Crippen molar-refractivity contribution in [2.24, 2.45) is 29.1 Å². The van der Waals surface area contributed by atoms with Gasteiger partial charge in [0.05, 0.1) is 6.10 Å². The standard InChI is InChI=1S/C27H44O/c1-19(2)8-6-9-21(4)25-15-16-26-22(10-7-17-27(25,26)5)12-13-23-18-24(28)14-11-20(23)3/h12-13,19,21,24-26,28H,3,6-11,14-18H2,1-2,4-5H3/b22-12+,23-13-/t21-,24+,25-,26-,27+/m1/s1. The maximum atomic E-state index is 10.0. The molecule has 3 aliphatic carbocycles. The molecule has 3 rings (SSSR count). The van der Waals surface area contributed by atoms with Gasteiger partial charge in [0, 0.05) is 0 Å². The molecule has 0 amide bonds. The van der Waals surface area contributed by atoms with E-state index in [0.717, 1.165) is 42.9 Å². The molecule has 0 heterocycles. The van der Waals surface area contributed by atoms with Gasteiger partial charge in [0.25, 0.3) is 0 Å². The van der Waals surface area contributed by atoms with E-state index in [0.29, 0.717) is 5.41 Å². The molecule has 0 spiro atoms. The molecule has 0 aromatic heterocycles. The van der Waals surface area contributed by atoms with Gasteiger partial charge in [-0.25, -0.2) is 0 Å². The highest BCUT2D eigenvalue weighted by Gasteiger charge is 2.50. The summed E-state index contributed by atoms with van der Waals surface area (Å²) in [6.07, 6.45) is 18.2. The first-order chi connectivity index (χ1) is 13.3. The van der Waals surface area contributed by atoms with Crippen LogP contribution in [0.25, 0.3) is 0 Å². The molecule has 158 valence electrons. The Balaban J connectivity index is 1.70. The van der Waals surface area contributed by atoms with E-state index in [1.165, 1.54) is 62.5 Å². The fourth-order valence-electron chi connectivity index (χ4n) is 6.66. The predicted molar refractivity (Wildman–Crippen MR) is 121 cm³/mol. The molecule has 1 nitrogen and oxygen atoms in total. The summed E-state index contributed by atoms with van der Waals surface area (Å²) in [5.41, 5.74) is 4.72. The monoisotopic (exact) mass is 384 g/mol. The first kappa shape index (κ1) is 21.9. The first-order valence-corrected chi connectivity index (χ1v) is 12.1. The van der Waals surface area contributed by atoms with Crippen LogP contribution >= 0.6 is 0 Å². The summed E-state index contributed by atoms with van der Waals surface area (Å²) in [7, 11) is 0. The van der Waals surface area contributed by atoms with E-state index < -0.39 is 0 Å². The smallest absolute Gasteiger partial charge is 0.0583 e. The topological polar surface area (TPSA) is 20.2 Å². The van der Waals surface area contributed by atoms with Crippen molar-refractivity contribution in [1.29, 1.82) is 0 Å². The van der Waals surface area contributed by atoms with Gasteiger partial charge in [0.15, 0.2) is 0 Å². The summed E-state index contributed by atoms with van der Waals surface area (Å²) in [6, 6.07) is 0. The SMILES string of the molecule is C=C1CC[C@H](O)C/C1=C/C=C1\CCC[C@]2(C)[C@@H]1CC[C@@H]2[C@H](C)CCCC(C)C. The molecule has 1 heteroatoms. The molecule has 3 aliphatic rings. The molecule has 28 heavy (non-hydrogen) atoms. The number of fused-ring (bicyclic) bond motifs is 1. The molecule has 0 unspecified atom stereocenters. The highest BCUT2D eigenvalue weighted by Crippen LogP contribution is 2.59. The van der Waals surface area contributed by atoms with Gasteiger partial charge < -0.3 is 5.11 Å². The summed E-state index contributed by atoms with van der Waals surface area (Å²) in [5, 5.41) is 10.0. The molecule has 3 saturated carbocycles. The van der Waals surface area contributed by atoms with E-state index in [-0.39, 0.29) is 6.10 Å². The fraction of sp³-hybridized carbons (Fsp3) is 0.778. The molecule has 0 radical (unpaired) electrons. The van der Waals surface area contributed by atoms with Crippen LogP contribution in [0.3, 0.4) is 0 Å². The van der Waals surface area contributed by atoms with Gasteiger partial charge in [0.2, 0.25) is 0 Å². The van der Waals surface area contributed by atoms with Crippen molar-refractivity contribution in [3.05, 3.63) is 35.5 Å². The largest absolute Gasteiger partial charge is 0.393 e. The lowest BCUT2D eigenvalue weighted by atomic mass is 9.60. The highest BCUT2D eigenvalue weighted by molar-refractivity contribution is 5.36. The van der Waals surface area contributed by atoms with E-state index in [1.54, 1.807) is 5.57 Å². The van der Waals surface area contributed by atoms with Crippen LogP contribution in [0.1, 0.15) is 98.3 Å². The Bertz CT molecular complexity index is 610. The second-order valence-corrected chi connectivity index (χ2v) is 10.8. The molecule has 0 aromatic rings.